The Kier molecular flexibility index (Phi) is 13.0. The number of carbonyl (C=O) groups is 2. The molecule has 0 spiro atoms. The van der Waals surface area contributed by atoms with Crippen LogP contribution in [0.3, 0.4) is 0 Å². The number of fused-ring (bicyclic) bond motifs is 2. The highest BCUT2D eigenvalue weighted by molar-refractivity contribution is 6.00. The zero-order valence-electron chi connectivity index (χ0n) is 38.0. The van der Waals surface area contributed by atoms with Gasteiger partial charge < -0.3 is 38.6 Å². The van der Waals surface area contributed by atoms with Crippen molar-refractivity contribution in [2.24, 2.45) is 0 Å². The molecule has 0 radical (unpaired) electrons. The highest BCUT2D eigenvalue weighted by Crippen LogP contribution is 2.43. The van der Waals surface area contributed by atoms with Crippen LogP contribution in [0.25, 0.3) is 23.5 Å². The summed E-state index contributed by atoms with van der Waals surface area (Å²) in [4.78, 5) is 39.9. The van der Waals surface area contributed by atoms with Crippen LogP contribution in [0.1, 0.15) is 97.1 Å². The summed E-state index contributed by atoms with van der Waals surface area (Å²) in [6.07, 6.45) is 16.2. The molecule has 4 aromatic carbocycles. The number of aryl methyl sites for hydroxylation is 2. The minimum absolute atomic E-state index is 0.0697. The maximum absolute atomic E-state index is 13.6. The van der Waals surface area contributed by atoms with Gasteiger partial charge in [0.1, 0.15) is 11.5 Å². The summed E-state index contributed by atoms with van der Waals surface area (Å²) in [5, 5.41) is 20.9. The summed E-state index contributed by atoms with van der Waals surface area (Å²) >= 11 is 0. The van der Waals surface area contributed by atoms with Crippen molar-refractivity contribution in [1.82, 2.24) is 28.9 Å². The van der Waals surface area contributed by atoms with Gasteiger partial charge in [0, 0.05) is 35.6 Å². The number of aliphatic hydroxyl groups is 2. The van der Waals surface area contributed by atoms with Gasteiger partial charge in [0.15, 0.2) is 0 Å². The Morgan fingerprint density at radius 1 is 0.576 bits per heavy atom. The number of methoxy groups -OCH3 is 2. The number of aromatic nitrogens is 4. The van der Waals surface area contributed by atoms with Gasteiger partial charge in [-0.2, -0.15) is 0 Å². The average molecular weight is 887 g/mol. The van der Waals surface area contributed by atoms with Crippen LogP contribution in [0.4, 0.5) is 0 Å². The van der Waals surface area contributed by atoms with Crippen LogP contribution in [-0.4, -0.2) is 89.4 Å². The lowest BCUT2D eigenvalue weighted by atomic mass is 9.82. The molecule has 0 saturated carbocycles. The van der Waals surface area contributed by atoms with Crippen molar-refractivity contribution < 1.29 is 29.3 Å². The van der Waals surface area contributed by atoms with Crippen molar-refractivity contribution in [2.45, 2.75) is 102 Å². The molecule has 2 amide bonds. The number of benzene rings is 4. The summed E-state index contributed by atoms with van der Waals surface area (Å²) in [6, 6.07) is 32.0. The van der Waals surface area contributed by atoms with Gasteiger partial charge in [0.2, 0.25) is 0 Å². The van der Waals surface area contributed by atoms with Crippen molar-refractivity contribution in [2.75, 3.05) is 14.2 Å². The first-order valence-corrected chi connectivity index (χ1v) is 23.0. The van der Waals surface area contributed by atoms with Gasteiger partial charge >= 0.3 is 0 Å². The Morgan fingerprint density at radius 3 is 1.35 bits per heavy atom. The number of ether oxygens (including phenoxy) is 2. The summed E-state index contributed by atoms with van der Waals surface area (Å²) in [6.45, 7) is 3.90. The molecule has 6 aromatic rings. The lowest BCUT2D eigenvalue weighted by Crippen LogP contribution is -2.52. The Balaban J connectivity index is 0.000000166. The normalized spacial score (nSPS) is 24.1. The van der Waals surface area contributed by atoms with E-state index in [4.69, 9.17) is 9.47 Å². The fourth-order valence-corrected chi connectivity index (χ4v) is 10.3. The number of rotatable bonds is 8. The van der Waals surface area contributed by atoms with E-state index < -0.39 is 0 Å². The maximum atomic E-state index is 13.6. The molecule has 0 bridgehead atoms. The fourth-order valence-electron chi connectivity index (χ4n) is 10.3. The van der Waals surface area contributed by atoms with Crippen LogP contribution in [0, 0.1) is 13.8 Å². The molecule has 340 valence electrons. The third-order valence-corrected chi connectivity index (χ3v) is 13.5. The number of hydrogen-bond acceptors (Lipinski definition) is 8. The standard InChI is InChI=1S/2C27H29N3O3/c2*1-18-16-29(17-28-18)24-11-8-19(13-26(24)33-2)12-21-9-10-22-14-23(31)15-25(30(22)27(21)32)20-6-4-3-5-7-20/h2*3-8,11-13,16-17,22-23,25,31H,9-10,14-15H2,1-2H3/b2*21-12+/t2*22-,23+,25+/m10/s1. The largest absolute Gasteiger partial charge is 0.495 e. The number of piperidine rings is 4. The van der Waals surface area contributed by atoms with Gasteiger partial charge in [-0.1, -0.05) is 72.8 Å². The van der Waals surface area contributed by atoms with Crippen LogP contribution in [0.5, 0.6) is 11.5 Å². The molecular weight excluding hydrogens is 829 g/mol. The number of carbonyl (C=O) groups excluding carboxylic acids is 2. The van der Waals surface area contributed by atoms with Gasteiger partial charge in [0.05, 0.1) is 73.9 Å². The Bertz CT molecular complexity index is 2560. The molecule has 2 aromatic heterocycles. The predicted molar refractivity (Wildman–Crippen MR) is 254 cm³/mol. The number of nitrogens with zero attached hydrogens (tertiary/aromatic N) is 6. The molecule has 0 unspecified atom stereocenters. The van der Waals surface area contributed by atoms with E-state index in [2.05, 4.69) is 9.97 Å². The molecule has 12 nitrogen and oxygen atoms in total. The van der Waals surface area contributed by atoms with Crippen LogP contribution in [0.15, 0.2) is 133 Å². The highest BCUT2D eigenvalue weighted by Gasteiger charge is 2.43. The molecule has 6 heterocycles. The first-order chi connectivity index (χ1) is 32.1. The molecule has 12 heteroatoms. The van der Waals surface area contributed by atoms with Crippen molar-refractivity contribution in [3.63, 3.8) is 0 Å². The quantitative estimate of drug-likeness (QED) is 0.145. The third kappa shape index (κ3) is 9.34. The second-order valence-electron chi connectivity index (χ2n) is 18.0. The van der Waals surface area contributed by atoms with Crippen LogP contribution < -0.4 is 9.47 Å². The molecule has 4 aliphatic heterocycles. The number of amides is 2. The number of imidazole rings is 2. The molecule has 2 N–H and O–H groups in total. The lowest BCUT2D eigenvalue weighted by molar-refractivity contribution is -0.140. The molecule has 4 aliphatic rings. The van der Waals surface area contributed by atoms with Crippen LogP contribution >= 0.6 is 0 Å². The minimum Gasteiger partial charge on any atom is -0.495 e. The van der Waals surface area contributed by atoms with E-state index in [0.29, 0.717) is 38.5 Å². The van der Waals surface area contributed by atoms with E-state index in [1.165, 1.54) is 0 Å². The molecule has 4 fully saturated rings. The third-order valence-electron chi connectivity index (χ3n) is 13.5. The predicted octanol–water partition coefficient (Wildman–Crippen LogP) is 8.92. The maximum Gasteiger partial charge on any atom is 0.250 e. The van der Waals surface area contributed by atoms with E-state index in [-0.39, 0.29) is 48.2 Å². The molecule has 4 saturated heterocycles. The van der Waals surface area contributed by atoms with E-state index in [0.717, 1.165) is 80.5 Å². The molecular formula is C54H58N6O6. The summed E-state index contributed by atoms with van der Waals surface area (Å²) in [5.41, 5.74) is 9.32. The average Bonchev–Trinajstić information content (AvgIpc) is 3.98. The van der Waals surface area contributed by atoms with E-state index in [1.54, 1.807) is 26.9 Å². The second kappa shape index (κ2) is 19.4. The molecule has 10 rings (SSSR count). The topological polar surface area (TPSA) is 135 Å². The van der Waals surface area contributed by atoms with Gasteiger partial charge in [-0.25, -0.2) is 9.97 Å². The van der Waals surface area contributed by atoms with Crippen molar-refractivity contribution in [1.29, 1.82) is 0 Å². The Hall–Kier alpha value is -6.76. The second-order valence-corrected chi connectivity index (χ2v) is 18.0. The zero-order chi connectivity index (χ0) is 45.9. The monoisotopic (exact) mass is 886 g/mol. The van der Waals surface area contributed by atoms with Gasteiger partial charge in [0.25, 0.3) is 11.8 Å². The van der Waals surface area contributed by atoms with Crippen molar-refractivity contribution >= 4 is 24.0 Å². The highest BCUT2D eigenvalue weighted by atomic mass is 16.5. The van der Waals surface area contributed by atoms with E-state index in [1.807, 2.05) is 154 Å². The Morgan fingerprint density at radius 2 is 0.985 bits per heavy atom. The number of aliphatic hydroxyl groups excluding tert-OH is 2. The van der Waals surface area contributed by atoms with Crippen LogP contribution in [0.2, 0.25) is 0 Å². The lowest BCUT2D eigenvalue weighted by Gasteiger charge is -2.47. The molecule has 0 aliphatic carbocycles. The summed E-state index contributed by atoms with van der Waals surface area (Å²) in [5.74, 6) is 1.60. The van der Waals surface area contributed by atoms with Crippen LogP contribution in [-0.2, 0) is 9.59 Å². The van der Waals surface area contributed by atoms with Gasteiger partial charge in [-0.3, -0.25) is 9.59 Å². The van der Waals surface area contributed by atoms with E-state index in [9.17, 15) is 19.8 Å². The van der Waals surface area contributed by atoms with Gasteiger partial charge in [-0.05, 0) is 124 Å². The van der Waals surface area contributed by atoms with Crippen molar-refractivity contribution in [3.8, 4) is 22.9 Å². The molecule has 6 atom stereocenters. The molecule has 66 heavy (non-hydrogen) atoms. The summed E-state index contributed by atoms with van der Waals surface area (Å²) < 4.78 is 15.1. The minimum atomic E-state index is -0.376. The zero-order valence-corrected chi connectivity index (χ0v) is 38.0. The fraction of sp³-hybridized carbons (Fsp3) is 0.333. The van der Waals surface area contributed by atoms with Crippen molar-refractivity contribution in [3.05, 3.63) is 167 Å². The smallest absolute Gasteiger partial charge is 0.250 e. The summed E-state index contributed by atoms with van der Waals surface area (Å²) in [7, 11) is 3.30. The Labute approximate surface area is 386 Å². The first kappa shape index (κ1) is 44.4. The van der Waals surface area contributed by atoms with Gasteiger partial charge in [-0.15, -0.1) is 0 Å². The number of hydrogen-bond donors (Lipinski definition) is 2. The first-order valence-electron chi connectivity index (χ1n) is 23.0. The SMILES string of the molecule is COc1cc(/C=C2\CC[C@@H]3C[C@H](O)C[C@@H](c4ccccc4)N3C2=O)ccc1-n1cnc(C)c1.COc1cc(/C=C2\CC[C@H]3C[C@@H](O)C[C@H](c4ccccc4)N3C2=O)ccc1-n1cnc(C)c1. The van der Waals surface area contributed by atoms with E-state index >= 15 is 0 Å².